The Morgan fingerprint density at radius 3 is 2.10 bits per heavy atom. The number of nitrogens with two attached hydrogens (primary N) is 1. The van der Waals surface area contributed by atoms with E-state index in [-0.39, 0.29) is 11.0 Å². The van der Waals surface area contributed by atoms with Crippen LogP contribution in [-0.4, -0.2) is 12.1 Å². The Labute approximate surface area is 130 Å². The lowest BCUT2D eigenvalue weighted by Gasteiger charge is -2.27. The van der Waals surface area contributed by atoms with E-state index < -0.39 is 0 Å². The van der Waals surface area contributed by atoms with Crippen LogP contribution in [0.5, 0.6) is 0 Å². The maximum absolute atomic E-state index is 6.48. The molecular formula is C19H31NO. The van der Waals surface area contributed by atoms with Crippen LogP contribution in [0.3, 0.4) is 0 Å². The van der Waals surface area contributed by atoms with Crippen LogP contribution >= 0.6 is 0 Å². The first kappa shape index (κ1) is 16.5. The van der Waals surface area contributed by atoms with Gasteiger partial charge >= 0.3 is 0 Å². The smallest absolute Gasteiger partial charge is 0.0717 e. The Hall–Kier alpha value is -0.860. The fraction of sp³-hybridized carbons (Fsp3) is 0.684. The molecule has 1 saturated carbocycles. The van der Waals surface area contributed by atoms with Gasteiger partial charge in [-0.05, 0) is 29.4 Å². The second-order valence-electron chi connectivity index (χ2n) is 7.72. The van der Waals surface area contributed by atoms with Gasteiger partial charge < -0.3 is 10.5 Å². The van der Waals surface area contributed by atoms with Crippen molar-refractivity contribution in [2.45, 2.75) is 76.9 Å². The van der Waals surface area contributed by atoms with Crippen molar-refractivity contribution in [1.82, 2.24) is 0 Å². The fourth-order valence-electron chi connectivity index (χ4n) is 3.05. The van der Waals surface area contributed by atoms with E-state index in [9.17, 15) is 0 Å². The summed E-state index contributed by atoms with van der Waals surface area (Å²) in [5.41, 5.74) is 9.20. The van der Waals surface area contributed by atoms with Crippen molar-refractivity contribution in [2.24, 2.45) is 5.73 Å². The Balaban J connectivity index is 1.83. The second kappa shape index (κ2) is 6.93. The summed E-state index contributed by atoms with van der Waals surface area (Å²) < 4.78 is 5.92. The van der Waals surface area contributed by atoms with Gasteiger partial charge in [-0.25, -0.2) is 0 Å². The van der Waals surface area contributed by atoms with Gasteiger partial charge in [0.15, 0.2) is 0 Å². The molecule has 118 valence electrons. The van der Waals surface area contributed by atoms with Crippen molar-refractivity contribution >= 4 is 0 Å². The molecule has 0 aromatic heterocycles. The maximum Gasteiger partial charge on any atom is 0.0717 e. The van der Waals surface area contributed by atoms with E-state index in [1.54, 1.807) is 0 Å². The van der Waals surface area contributed by atoms with Gasteiger partial charge in [0.1, 0.15) is 0 Å². The molecule has 0 aliphatic heterocycles. The minimum absolute atomic E-state index is 0.0954. The van der Waals surface area contributed by atoms with E-state index in [4.69, 9.17) is 10.5 Å². The van der Waals surface area contributed by atoms with Gasteiger partial charge in [0.05, 0.1) is 13.2 Å². The van der Waals surface area contributed by atoms with E-state index >= 15 is 0 Å². The summed E-state index contributed by atoms with van der Waals surface area (Å²) in [4.78, 5) is 0. The van der Waals surface area contributed by atoms with Crippen molar-refractivity contribution in [3.8, 4) is 0 Å². The molecule has 1 aromatic rings. The average Bonchev–Trinajstić information content (AvgIpc) is 2.63. The summed E-state index contributed by atoms with van der Waals surface area (Å²) in [6.45, 7) is 8.08. The molecule has 2 heteroatoms. The molecule has 1 fully saturated rings. The first-order valence-corrected chi connectivity index (χ1v) is 8.35. The molecule has 2 nitrogen and oxygen atoms in total. The Kier molecular flexibility index (Phi) is 5.45. The fourth-order valence-corrected chi connectivity index (χ4v) is 3.05. The van der Waals surface area contributed by atoms with Crippen LogP contribution in [0.1, 0.15) is 70.4 Å². The van der Waals surface area contributed by atoms with Crippen LogP contribution in [0.15, 0.2) is 24.3 Å². The molecule has 1 aliphatic carbocycles. The van der Waals surface area contributed by atoms with Gasteiger partial charge in [-0.3, -0.25) is 0 Å². The first-order valence-electron chi connectivity index (χ1n) is 8.35. The van der Waals surface area contributed by atoms with Gasteiger partial charge in [0.2, 0.25) is 0 Å². The predicted molar refractivity (Wildman–Crippen MR) is 89.4 cm³/mol. The molecule has 2 N–H and O–H groups in total. The molecule has 0 bridgehead atoms. The molecule has 0 saturated heterocycles. The number of hydrogen-bond donors (Lipinski definition) is 1. The van der Waals surface area contributed by atoms with E-state index in [0.717, 1.165) is 12.8 Å². The van der Waals surface area contributed by atoms with Crippen LogP contribution in [0.4, 0.5) is 0 Å². The van der Waals surface area contributed by atoms with Gasteiger partial charge in [-0.1, -0.05) is 70.7 Å². The third-order valence-electron chi connectivity index (χ3n) is 4.58. The summed E-state index contributed by atoms with van der Waals surface area (Å²) in [5, 5.41) is 0. The average molecular weight is 289 g/mol. The van der Waals surface area contributed by atoms with Gasteiger partial charge in [-0.2, -0.15) is 0 Å². The lowest BCUT2D eigenvalue weighted by molar-refractivity contribution is 0.0667. The highest BCUT2D eigenvalue weighted by atomic mass is 16.5. The number of rotatable bonds is 4. The van der Waals surface area contributed by atoms with Gasteiger partial charge in [-0.15, -0.1) is 0 Å². The predicted octanol–water partition coefficient (Wildman–Crippen LogP) is 4.55. The maximum atomic E-state index is 6.48. The van der Waals surface area contributed by atoms with E-state index in [1.165, 1.54) is 36.8 Å². The molecule has 21 heavy (non-hydrogen) atoms. The zero-order valence-corrected chi connectivity index (χ0v) is 14.0. The summed E-state index contributed by atoms with van der Waals surface area (Å²) in [5.74, 6) is 0. The quantitative estimate of drug-likeness (QED) is 0.825. The lowest BCUT2D eigenvalue weighted by atomic mass is 9.87. The normalized spacial score (nSPS) is 19.2. The Morgan fingerprint density at radius 1 is 1.00 bits per heavy atom. The molecule has 1 aliphatic rings. The Morgan fingerprint density at radius 2 is 1.57 bits per heavy atom. The van der Waals surface area contributed by atoms with Crippen LogP contribution in [0, 0.1) is 0 Å². The number of ether oxygens (including phenoxy) is 1. The number of benzene rings is 1. The van der Waals surface area contributed by atoms with Crippen molar-refractivity contribution in [2.75, 3.05) is 6.61 Å². The minimum Gasteiger partial charge on any atom is -0.375 e. The third kappa shape index (κ3) is 5.12. The molecular weight excluding hydrogens is 258 g/mol. The summed E-state index contributed by atoms with van der Waals surface area (Å²) >= 11 is 0. The highest BCUT2D eigenvalue weighted by Gasteiger charge is 2.26. The summed E-state index contributed by atoms with van der Waals surface area (Å²) in [6, 6.07) is 8.78. The van der Waals surface area contributed by atoms with Crippen LogP contribution in [0.25, 0.3) is 0 Å². The van der Waals surface area contributed by atoms with Crippen LogP contribution in [-0.2, 0) is 16.8 Å². The zero-order valence-electron chi connectivity index (χ0n) is 14.0. The first-order chi connectivity index (χ1) is 9.89. The SMILES string of the molecule is CC(C)(C)c1ccc(COCC2(N)CCCCCC2)cc1. The standard InChI is InChI=1S/C19H31NO/c1-18(2,3)17-10-8-16(9-11-17)14-21-15-19(20)12-6-4-5-7-13-19/h8-11H,4-7,12-15,20H2,1-3H3. The van der Waals surface area contributed by atoms with E-state index in [2.05, 4.69) is 45.0 Å². The van der Waals surface area contributed by atoms with Crippen molar-refractivity contribution in [3.05, 3.63) is 35.4 Å². The molecule has 0 radical (unpaired) electrons. The number of hydrogen-bond acceptors (Lipinski definition) is 2. The molecule has 0 spiro atoms. The van der Waals surface area contributed by atoms with Crippen LogP contribution < -0.4 is 5.73 Å². The highest BCUT2D eigenvalue weighted by Crippen LogP contribution is 2.26. The van der Waals surface area contributed by atoms with Crippen LogP contribution in [0.2, 0.25) is 0 Å². The van der Waals surface area contributed by atoms with Gasteiger partial charge in [0.25, 0.3) is 0 Å². The molecule has 2 rings (SSSR count). The van der Waals surface area contributed by atoms with Crippen molar-refractivity contribution < 1.29 is 4.74 Å². The summed E-state index contributed by atoms with van der Waals surface area (Å²) in [6.07, 6.45) is 7.37. The second-order valence-corrected chi connectivity index (χ2v) is 7.72. The molecule has 0 unspecified atom stereocenters. The highest BCUT2D eigenvalue weighted by molar-refractivity contribution is 5.27. The Bertz CT molecular complexity index is 422. The zero-order chi connectivity index (χ0) is 15.3. The van der Waals surface area contributed by atoms with E-state index in [0.29, 0.717) is 13.2 Å². The van der Waals surface area contributed by atoms with E-state index in [1.807, 2.05) is 0 Å². The molecule has 0 amide bonds. The minimum atomic E-state index is -0.0954. The topological polar surface area (TPSA) is 35.2 Å². The monoisotopic (exact) mass is 289 g/mol. The van der Waals surface area contributed by atoms with Crippen molar-refractivity contribution in [3.63, 3.8) is 0 Å². The molecule has 0 heterocycles. The molecule has 0 atom stereocenters. The molecule has 1 aromatic carbocycles. The third-order valence-corrected chi connectivity index (χ3v) is 4.58. The summed E-state index contributed by atoms with van der Waals surface area (Å²) in [7, 11) is 0. The lowest BCUT2D eigenvalue weighted by Crippen LogP contribution is -2.43. The largest absolute Gasteiger partial charge is 0.375 e. The van der Waals surface area contributed by atoms with Crippen molar-refractivity contribution in [1.29, 1.82) is 0 Å². The van der Waals surface area contributed by atoms with Gasteiger partial charge in [0, 0.05) is 5.54 Å².